The van der Waals surface area contributed by atoms with Gasteiger partial charge in [-0.1, -0.05) is 36.4 Å². The second kappa shape index (κ2) is 8.40. The lowest BCUT2D eigenvalue weighted by molar-refractivity contribution is -0.122. The summed E-state index contributed by atoms with van der Waals surface area (Å²) >= 11 is 0. The van der Waals surface area contributed by atoms with E-state index in [1.165, 1.54) is 12.3 Å². The summed E-state index contributed by atoms with van der Waals surface area (Å²) in [7, 11) is 0. The van der Waals surface area contributed by atoms with E-state index < -0.39 is 11.6 Å². The Kier molecular flexibility index (Phi) is 5.76. The summed E-state index contributed by atoms with van der Waals surface area (Å²) in [4.78, 5) is 16.5. The van der Waals surface area contributed by atoms with Gasteiger partial charge in [0.15, 0.2) is 11.6 Å². The van der Waals surface area contributed by atoms with Gasteiger partial charge < -0.3 is 10.1 Å². The first kappa shape index (κ1) is 18.5. The molecule has 3 aromatic rings. The van der Waals surface area contributed by atoms with Crippen molar-refractivity contribution in [3.05, 3.63) is 89.6 Å². The number of halogens is 2. The van der Waals surface area contributed by atoms with Crippen molar-refractivity contribution in [2.45, 2.75) is 19.4 Å². The molecule has 1 aromatic heterocycles. The highest BCUT2D eigenvalue weighted by molar-refractivity contribution is 5.83. The zero-order valence-electron chi connectivity index (χ0n) is 14.7. The molecule has 0 bridgehead atoms. The summed E-state index contributed by atoms with van der Waals surface area (Å²) in [6, 6.07) is 15.9. The Balaban J connectivity index is 1.70. The quantitative estimate of drug-likeness (QED) is 0.693. The third-order valence-corrected chi connectivity index (χ3v) is 4.10. The lowest BCUT2D eigenvalue weighted by Gasteiger charge is -2.14. The van der Waals surface area contributed by atoms with E-state index in [0.29, 0.717) is 5.56 Å². The third kappa shape index (κ3) is 4.67. The number of carbonyl (C=O) groups excluding carboxylic acids is 1. The number of carbonyl (C=O) groups is 1. The van der Waals surface area contributed by atoms with Crippen molar-refractivity contribution in [3.8, 4) is 11.6 Å². The van der Waals surface area contributed by atoms with Crippen molar-refractivity contribution in [1.29, 1.82) is 0 Å². The smallest absolute Gasteiger partial charge is 0.227 e. The molecule has 6 heteroatoms. The van der Waals surface area contributed by atoms with Crippen LogP contribution in [0.3, 0.4) is 0 Å². The standard InChI is InChI=1S/C21H18F2N2O2/c1-14(15-6-3-2-4-7-15)20(26)25-13-16-8-5-11-24-21(16)27-19-10-9-17(22)12-18(19)23/h2-12,14H,13H2,1H3,(H,25,26)/t14-/m0/s1. The highest BCUT2D eigenvalue weighted by atomic mass is 19.1. The minimum Gasteiger partial charge on any atom is -0.436 e. The molecule has 0 saturated heterocycles. The number of pyridine rings is 1. The van der Waals surface area contributed by atoms with Gasteiger partial charge >= 0.3 is 0 Å². The van der Waals surface area contributed by atoms with E-state index in [2.05, 4.69) is 10.3 Å². The van der Waals surface area contributed by atoms with Crippen LogP contribution in [-0.4, -0.2) is 10.9 Å². The molecule has 1 atom stereocenters. The first-order valence-corrected chi connectivity index (χ1v) is 8.44. The maximum Gasteiger partial charge on any atom is 0.227 e. The molecule has 2 aromatic carbocycles. The number of ether oxygens (including phenoxy) is 1. The van der Waals surface area contributed by atoms with Crippen LogP contribution in [0.25, 0.3) is 0 Å². The molecule has 4 nitrogen and oxygen atoms in total. The largest absolute Gasteiger partial charge is 0.436 e. The predicted molar refractivity (Wildman–Crippen MR) is 97.4 cm³/mol. The Hall–Kier alpha value is -3.28. The van der Waals surface area contributed by atoms with Crippen LogP contribution in [0, 0.1) is 11.6 Å². The van der Waals surface area contributed by atoms with Crippen LogP contribution in [0.2, 0.25) is 0 Å². The van der Waals surface area contributed by atoms with Crippen LogP contribution in [0.15, 0.2) is 66.9 Å². The van der Waals surface area contributed by atoms with Gasteiger partial charge in [0.05, 0.1) is 5.92 Å². The minimum absolute atomic E-state index is 0.139. The Morgan fingerprint density at radius 3 is 2.63 bits per heavy atom. The van der Waals surface area contributed by atoms with Gasteiger partial charge in [0.1, 0.15) is 5.82 Å². The van der Waals surface area contributed by atoms with E-state index in [9.17, 15) is 13.6 Å². The fourth-order valence-corrected chi connectivity index (χ4v) is 2.54. The van der Waals surface area contributed by atoms with Crippen LogP contribution in [0.4, 0.5) is 8.78 Å². The maximum atomic E-state index is 13.8. The Labute approximate surface area is 155 Å². The molecule has 1 amide bonds. The molecule has 0 aliphatic rings. The van der Waals surface area contributed by atoms with Gasteiger partial charge in [0.25, 0.3) is 0 Å². The molecule has 0 radical (unpaired) electrons. The number of nitrogens with zero attached hydrogens (tertiary/aromatic N) is 1. The molecule has 0 spiro atoms. The SMILES string of the molecule is C[C@H](C(=O)NCc1cccnc1Oc1ccc(F)cc1F)c1ccccc1. The van der Waals surface area contributed by atoms with Gasteiger partial charge in [-0.05, 0) is 30.7 Å². The van der Waals surface area contributed by atoms with Crippen LogP contribution in [0.1, 0.15) is 24.0 Å². The molecule has 27 heavy (non-hydrogen) atoms. The average molecular weight is 368 g/mol. The molecule has 1 N–H and O–H groups in total. The first-order valence-electron chi connectivity index (χ1n) is 8.44. The lowest BCUT2D eigenvalue weighted by atomic mass is 10.0. The van der Waals surface area contributed by atoms with Crippen molar-refractivity contribution < 1.29 is 18.3 Å². The number of rotatable bonds is 6. The third-order valence-electron chi connectivity index (χ3n) is 4.10. The fourth-order valence-electron chi connectivity index (χ4n) is 2.54. The molecule has 3 rings (SSSR count). The Morgan fingerprint density at radius 1 is 1.11 bits per heavy atom. The Bertz CT molecular complexity index is 932. The zero-order chi connectivity index (χ0) is 19.2. The summed E-state index contributed by atoms with van der Waals surface area (Å²) in [5.74, 6) is -1.97. The molecule has 0 unspecified atom stereocenters. The number of benzene rings is 2. The van der Waals surface area contributed by atoms with E-state index >= 15 is 0 Å². The first-order chi connectivity index (χ1) is 13.0. The number of amides is 1. The van der Waals surface area contributed by atoms with E-state index in [4.69, 9.17) is 4.74 Å². The molecule has 1 heterocycles. The van der Waals surface area contributed by atoms with E-state index in [1.54, 1.807) is 12.1 Å². The summed E-state index contributed by atoms with van der Waals surface area (Å²) in [5, 5.41) is 2.83. The minimum atomic E-state index is -0.826. The summed E-state index contributed by atoms with van der Waals surface area (Å²) in [6.45, 7) is 1.99. The summed E-state index contributed by atoms with van der Waals surface area (Å²) in [5.41, 5.74) is 1.49. The zero-order valence-corrected chi connectivity index (χ0v) is 14.7. The number of nitrogens with one attached hydrogen (secondary N) is 1. The van der Waals surface area contributed by atoms with E-state index in [1.807, 2.05) is 37.3 Å². The molecular formula is C21H18F2N2O2. The molecule has 0 saturated carbocycles. The normalized spacial score (nSPS) is 11.7. The molecule has 0 fully saturated rings. The van der Waals surface area contributed by atoms with Gasteiger partial charge in [0.2, 0.25) is 11.8 Å². The molecule has 138 valence electrons. The molecule has 0 aliphatic carbocycles. The van der Waals surface area contributed by atoms with Crippen LogP contribution < -0.4 is 10.1 Å². The van der Waals surface area contributed by atoms with Crippen molar-refractivity contribution in [2.24, 2.45) is 0 Å². The van der Waals surface area contributed by atoms with Crippen LogP contribution in [0.5, 0.6) is 11.6 Å². The fraction of sp³-hybridized carbons (Fsp3) is 0.143. The van der Waals surface area contributed by atoms with Crippen molar-refractivity contribution in [1.82, 2.24) is 10.3 Å². The summed E-state index contributed by atoms with van der Waals surface area (Å²) in [6.07, 6.45) is 1.49. The van der Waals surface area contributed by atoms with Gasteiger partial charge in [-0.15, -0.1) is 0 Å². The summed E-state index contributed by atoms with van der Waals surface area (Å²) < 4.78 is 32.3. The monoisotopic (exact) mass is 368 g/mol. The predicted octanol–water partition coefficient (Wildman–Crippen LogP) is 4.57. The molecule has 0 aliphatic heterocycles. The van der Waals surface area contributed by atoms with Crippen molar-refractivity contribution in [3.63, 3.8) is 0 Å². The van der Waals surface area contributed by atoms with Gasteiger partial charge in [0, 0.05) is 24.4 Å². The van der Waals surface area contributed by atoms with E-state index in [0.717, 1.165) is 17.7 Å². The van der Waals surface area contributed by atoms with Crippen LogP contribution >= 0.6 is 0 Å². The Morgan fingerprint density at radius 2 is 1.89 bits per heavy atom. The van der Waals surface area contributed by atoms with Gasteiger partial charge in [-0.2, -0.15) is 0 Å². The lowest BCUT2D eigenvalue weighted by Crippen LogP contribution is -2.27. The van der Waals surface area contributed by atoms with Crippen LogP contribution in [-0.2, 0) is 11.3 Å². The van der Waals surface area contributed by atoms with Crippen molar-refractivity contribution in [2.75, 3.05) is 0 Å². The van der Waals surface area contributed by atoms with Gasteiger partial charge in [-0.3, -0.25) is 4.79 Å². The maximum absolute atomic E-state index is 13.8. The average Bonchev–Trinajstić information content (AvgIpc) is 2.69. The van der Waals surface area contributed by atoms with E-state index in [-0.39, 0.29) is 30.0 Å². The second-order valence-corrected chi connectivity index (χ2v) is 5.99. The molecular weight excluding hydrogens is 350 g/mol. The number of aromatic nitrogens is 1. The number of hydrogen-bond donors (Lipinski definition) is 1. The van der Waals surface area contributed by atoms with Crippen molar-refractivity contribution >= 4 is 5.91 Å². The van der Waals surface area contributed by atoms with Gasteiger partial charge in [-0.25, -0.2) is 13.8 Å². The second-order valence-electron chi connectivity index (χ2n) is 5.99. The highest BCUT2D eigenvalue weighted by Gasteiger charge is 2.16. The number of hydrogen-bond acceptors (Lipinski definition) is 3. The highest BCUT2D eigenvalue weighted by Crippen LogP contribution is 2.26. The topological polar surface area (TPSA) is 51.2 Å².